The quantitative estimate of drug-likeness (QED) is 0.753. The average molecular weight is 227 g/mol. The average Bonchev–Trinajstić information content (AvgIpc) is 2.65. The summed E-state index contributed by atoms with van der Waals surface area (Å²) in [5, 5.41) is 8.80. The molecule has 0 saturated heterocycles. The molecular formula is C13H13N3O. The van der Waals surface area contributed by atoms with Crippen LogP contribution in [-0.2, 0) is 6.42 Å². The van der Waals surface area contributed by atoms with Crippen LogP contribution in [0.15, 0.2) is 31.0 Å². The number of imidazole rings is 1. The largest absolute Gasteiger partial charge is 0.486 e. The molecule has 0 fully saturated rings. The normalized spacial score (nSPS) is 10.1. The Morgan fingerprint density at radius 2 is 2.47 bits per heavy atom. The van der Waals surface area contributed by atoms with Crippen LogP contribution in [-0.4, -0.2) is 16.0 Å². The molecule has 0 aliphatic rings. The number of aromatic nitrogens is 2. The fourth-order valence-electron chi connectivity index (χ4n) is 1.75. The second-order valence-electron chi connectivity index (χ2n) is 3.64. The minimum absolute atomic E-state index is 0.345. The molecule has 0 amide bonds. The lowest BCUT2D eigenvalue weighted by atomic mass is 10.3. The Labute approximate surface area is 99.8 Å². The van der Waals surface area contributed by atoms with E-state index in [1.165, 1.54) is 0 Å². The van der Waals surface area contributed by atoms with Gasteiger partial charge in [-0.3, -0.25) is 4.40 Å². The van der Waals surface area contributed by atoms with Crippen LogP contribution in [0.1, 0.15) is 11.4 Å². The number of fused-ring (bicyclic) bond motifs is 1. The van der Waals surface area contributed by atoms with Gasteiger partial charge in [0, 0.05) is 6.20 Å². The molecule has 4 nitrogen and oxygen atoms in total. The van der Waals surface area contributed by atoms with Crippen molar-refractivity contribution >= 4 is 5.65 Å². The summed E-state index contributed by atoms with van der Waals surface area (Å²) in [6, 6.07) is 5.89. The Morgan fingerprint density at radius 1 is 1.65 bits per heavy atom. The number of rotatable bonds is 4. The molecule has 0 spiro atoms. The van der Waals surface area contributed by atoms with E-state index in [1.807, 2.05) is 29.7 Å². The number of pyridine rings is 1. The van der Waals surface area contributed by atoms with Crippen molar-refractivity contribution in [3.8, 4) is 11.8 Å². The summed E-state index contributed by atoms with van der Waals surface area (Å²) < 4.78 is 7.43. The summed E-state index contributed by atoms with van der Waals surface area (Å²) in [6.07, 6.45) is 3.93. The first-order chi connectivity index (χ1) is 8.27. The molecule has 0 aromatic carbocycles. The van der Waals surface area contributed by atoms with Gasteiger partial charge in [0.25, 0.3) is 0 Å². The molecule has 2 aromatic rings. The number of nitrogens with zero attached hydrogens (tertiary/aromatic N) is 3. The van der Waals surface area contributed by atoms with E-state index in [9.17, 15) is 0 Å². The predicted octanol–water partition coefficient (Wildman–Crippen LogP) is 2.27. The summed E-state index contributed by atoms with van der Waals surface area (Å²) in [5.41, 5.74) is 2.52. The lowest BCUT2D eigenvalue weighted by Gasteiger charge is -2.05. The van der Waals surface area contributed by atoms with Gasteiger partial charge in [0.1, 0.15) is 6.61 Å². The van der Waals surface area contributed by atoms with Crippen molar-refractivity contribution in [3.05, 3.63) is 42.4 Å². The molecule has 0 unspecified atom stereocenters. The van der Waals surface area contributed by atoms with E-state index < -0.39 is 0 Å². The molecule has 0 N–H and O–H groups in total. The Hall–Kier alpha value is -2.28. The van der Waals surface area contributed by atoms with E-state index in [0.29, 0.717) is 18.8 Å². The van der Waals surface area contributed by atoms with Crippen LogP contribution in [0.5, 0.6) is 5.75 Å². The van der Waals surface area contributed by atoms with Crippen molar-refractivity contribution in [3.63, 3.8) is 0 Å². The fraction of sp³-hybridized carbons (Fsp3) is 0.231. The number of hydrogen-bond acceptors (Lipinski definition) is 3. The molecule has 0 bridgehead atoms. The molecule has 0 radical (unpaired) electrons. The summed E-state index contributed by atoms with van der Waals surface area (Å²) in [5.74, 6) is 0.708. The van der Waals surface area contributed by atoms with Crippen LogP contribution >= 0.6 is 0 Å². The van der Waals surface area contributed by atoms with Crippen molar-refractivity contribution in [1.82, 2.24) is 9.38 Å². The standard InChI is InChI=1S/C13H13N3O/c1-3-9-17-12-5-4-8-16-11(6-7-14)10(2)15-13(12)16/h3-5,8H,1,6,9H2,2H3. The molecule has 0 aliphatic carbocycles. The van der Waals surface area contributed by atoms with E-state index in [4.69, 9.17) is 10.00 Å². The van der Waals surface area contributed by atoms with Crippen LogP contribution in [0.25, 0.3) is 5.65 Å². The van der Waals surface area contributed by atoms with Crippen LogP contribution in [0.4, 0.5) is 0 Å². The van der Waals surface area contributed by atoms with E-state index in [2.05, 4.69) is 17.6 Å². The minimum Gasteiger partial charge on any atom is -0.486 e. The highest BCUT2D eigenvalue weighted by Crippen LogP contribution is 2.22. The highest BCUT2D eigenvalue weighted by Gasteiger charge is 2.11. The minimum atomic E-state index is 0.345. The zero-order chi connectivity index (χ0) is 12.3. The van der Waals surface area contributed by atoms with Gasteiger partial charge in [0.2, 0.25) is 0 Å². The van der Waals surface area contributed by atoms with E-state index >= 15 is 0 Å². The van der Waals surface area contributed by atoms with Crippen molar-refractivity contribution in [2.75, 3.05) is 6.61 Å². The lowest BCUT2D eigenvalue weighted by Crippen LogP contribution is -1.97. The van der Waals surface area contributed by atoms with Gasteiger partial charge in [-0.15, -0.1) is 0 Å². The molecular weight excluding hydrogens is 214 g/mol. The number of ether oxygens (including phenoxy) is 1. The third kappa shape index (κ3) is 2.00. The third-order valence-corrected chi connectivity index (χ3v) is 2.52. The smallest absolute Gasteiger partial charge is 0.180 e. The maximum absolute atomic E-state index is 8.80. The van der Waals surface area contributed by atoms with Crippen molar-refractivity contribution in [2.24, 2.45) is 0 Å². The second kappa shape index (κ2) is 4.71. The highest BCUT2D eigenvalue weighted by molar-refractivity contribution is 5.56. The van der Waals surface area contributed by atoms with Gasteiger partial charge in [-0.25, -0.2) is 4.98 Å². The predicted molar refractivity (Wildman–Crippen MR) is 64.9 cm³/mol. The number of nitriles is 1. The van der Waals surface area contributed by atoms with E-state index in [0.717, 1.165) is 17.0 Å². The van der Waals surface area contributed by atoms with Gasteiger partial charge >= 0.3 is 0 Å². The van der Waals surface area contributed by atoms with Gasteiger partial charge in [0.15, 0.2) is 11.4 Å². The van der Waals surface area contributed by atoms with Crippen LogP contribution in [0.3, 0.4) is 0 Å². The topological polar surface area (TPSA) is 50.3 Å². The van der Waals surface area contributed by atoms with Crippen LogP contribution in [0, 0.1) is 18.3 Å². The van der Waals surface area contributed by atoms with Crippen LogP contribution < -0.4 is 4.74 Å². The van der Waals surface area contributed by atoms with Crippen LogP contribution in [0.2, 0.25) is 0 Å². The van der Waals surface area contributed by atoms with Crippen molar-refractivity contribution < 1.29 is 4.74 Å². The Bertz CT molecular complexity index is 592. The maximum Gasteiger partial charge on any atom is 0.180 e. The van der Waals surface area contributed by atoms with Gasteiger partial charge in [-0.05, 0) is 19.1 Å². The first kappa shape index (κ1) is 11.2. The molecule has 2 aromatic heterocycles. The van der Waals surface area contributed by atoms with Crippen molar-refractivity contribution in [1.29, 1.82) is 5.26 Å². The summed E-state index contributed by atoms with van der Waals surface area (Å²) in [6.45, 7) is 5.96. The van der Waals surface area contributed by atoms with E-state index in [1.54, 1.807) is 6.08 Å². The number of aryl methyl sites for hydroxylation is 1. The first-order valence-electron chi connectivity index (χ1n) is 5.35. The zero-order valence-corrected chi connectivity index (χ0v) is 9.68. The maximum atomic E-state index is 8.80. The lowest BCUT2D eigenvalue weighted by molar-refractivity contribution is 0.365. The van der Waals surface area contributed by atoms with Gasteiger partial charge in [-0.1, -0.05) is 12.7 Å². The molecule has 2 heterocycles. The Morgan fingerprint density at radius 3 is 3.18 bits per heavy atom. The molecule has 0 saturated carbocycles. The molecule has 0 atom stereocenters. The second-order valence-corrected chi connectivity index (χ2v) is 3.64. The van der Waals surface area contributed by atoms with Gasteiger partial charge in [-0.2, -0.15) is 5.26 Å². The first-order valence-corrected chi connectivity index (χ1v) is 5.35. The monoisotopic (exact) mass is 227 g/mol. The molecule has 0 aliphatic heterocycles. The van der Waals surface area contributed by atoms with Gasteiger partial charge in [0.05, 0.1) is 23.9 Å². The van der Waals surface area contributed by atoms with E-state index in [-0.39, 0.29) is 0 Å². The molecule has 4 heteroatoms. The fourth-order valence-corrected chi connectivity index (χ4v) is 1.75. The molecule has 17 heavy (non-hydrogen) atoms. The van der Waals surface area contributed by atoms with Crippen molar-refractivity contribution in [2.45, 2.75) is 13.3 Å². The highest BCUT2D eigenvalue weighted by atomic mass is 16.5. The zero-order valence-electron chi connectivity index (χ0n) is 9.68. The molecule has 86 valence electrons. The van der Waals surface area contributed by atoms with Gasteiger partial charge < -0.3 is 4.74 Å². The Kier molecular flexibility index (Phi) is 3.10. The SMILES string of the molecule is C=CCOc1cccn2c(CC#N)c(C)nc12. The summed E-state index contributed by atoms with van der Waals surface area (Å²) >= 11 is 0. The summed E-state index contributed by atoms with van der Waals surface area (Å²) in [4.78, 5) is 4.44. The number of hydrogen-bond donors (Lipinski definition) is 0. The molecule has 2 rings (SSSR count). The Balaban J connectivity index is 2.54. The summed E-state index contributed by atoms with van der Waals surface area (Å²) in [7, 11) is 0. The third-order valence-electron chi connectivity index (χ3n) is 2.52.